The van der Waals surface area contributed by atoms with E-state index in [4.69, 9.17) is 5.41 Å². The summed E-state index contributed by atoms with van der Waals surface area (Å²) in [6.45, 7) is 2.06. The van der Waals surface area contributed by atoms with Gasteiger partial charge in [0, 0.05) is 17.1 Å². The monoisotopic (exact) mass is 225 g/mol. The zero-order valence-electron chi connectivity index (χ0n) is 9.36. The average Bonchev–Trinajstić information content (AvgIpc) is 2.35. The van der Waals surface area contributed by atoms with E-state index in [-0.39, 0.29) is 11.8 Å². The van der Waals surface area contributed by atoms with Crippen molar-refractivity contribution >= 4 is 17.3 Å². The fraction of sp³-hybridized carbons (Fsp3) is 0.214. The average molecular weight is 225 g/mol. The SMILES string of the molecule is CC1C=CC2=C3C(=CC=CC31)C(=O)C(=N)C2=O. The van der Waals surface area contributed by atoms with Gasteiger partial charge in [0.05, 0.1) is 0 Å². The van der Waals surface area contributed by atoms with Gasteiger partial charge in [-0.25, -0.2) is 0 Å². The Morgan fingerprint density at radius 2 is 1.94 bits per heavy atom. The summed E-state index contributed by atoms with van der Waals surface area (Å²) in [4.78, 5) is 23.8. The molecule has 3 rings (SSSR count). The van der Waals surface area contributed by atoms with Gasteiger partial charge in [0.1, 0.15) is 0 Å². The molecule has 1 N–H and O–H groups in total. The summed E-state index contributed by atoms with van der Waals surface area (Å²) in [6, 6.07) is 0. The second kappa shape index (κ2) is 3.23. The number of carbonyl (C=O) groups is 2. The topological polar surface area (TPSA) is 58.0 Å². The molecule has 0 saturated carbocycles. The molecule has 0 aliphatic heterocycles. The standard InChI is InChI=1S/C14H11NO2/c1-7-5-6-10-11-8(7)3-2-4-9(11)13(16)12(15)14(10)17/h2-8,15H,1H3. The number of nitrogens with one attached hydrogen (secondary N) is 1. The van der Waals surface area contributed by atoms with Gasteiger partial charge in [-0.2, -0.15) is 0 Å². The first-order chi connectivity index (χ1) is 8.11. The number of carbonyl (C=O) groups excluding carboxylic acids is 2. The quantitative estimate of drug-likeness (QED) is 0.683. The van der Waals surface area contributed by atoms with E-state index in [0.717, 1.165) is 5.57 Å². The number of hydrogen-bond acceptors (Lipinski definition) is 3. The van der Waals surface area contributed by atoms with E-state index < -0.39 is 17.3 Å². The molecule has 0 saturated heterocycles. The molecule has 0 aromatic heterocycles. The minimum absolute atomic E-state index is 0.0935. The Balaban J connectivity index is 2.30. The van der Waals surface area contributed by atoms with E-state index in [0.29, 0.717) is 11.1 Å². The molecule has 0 heterocycles. The van der Waals surface area contributed by atoms with Gasteiger partial charge in [0.2, 0.25) is 11.6 Å². The highest BCUT2D eigenvalue weighted by Crippen LogP contribution is 2.40. The van der Waals surface area contributed by atoms with Gasteiger partial charge in [-0.3, -0.25) is 15.0 Å². The van der Waals surface area contributed by atoms with Crippen molar-refractivity contribution in [3.63, 3.8) is 0 Å². The summed E-state index contributed by atoms with van der Waals surface area (Å²) in [5.41, 5.74) is 1.44. The summed E-state index contributed by atoms with van der Waals surface area (Å²) in [7, 11) is 0. The van der Waals surface area contributed by atoms with Crippen molar-refractivity contribution in [2.75, 3.05) is 0 Å². The Morgan fingerprint density at radius 3 is 2.71 bits per heavy atom. The highest BCUT2D eigenvalue weighted by atomic mass is 16.2. The van der Waals surface area contributed by atoms with Crippen LogP contribution >= 0.6 is 0 Å². The molecule has 0 aromatic carbocycles. The lowest BCUT2D eigenvalue weighted by Gasteiger charge is -2.33. The van der Waals surface area contributed by atoms with Gasteiger partial charge in [-0.05, 0) is 11.5 Å². The molecular weight excluding hydrogens is 214 g/mol. The first kappa shape index (κ1) is 10.1. The van der Waals surface area contributed by atoms with Crippen LogP contribution in [0.25, 0.3) is 0 Å². The van der Waals surface area contributed by atoms with Crippen LogP contribution in [-0.4, -0.2) is 17.3 Å². The van der Waals surface area contributed by atoms with Crippen molar-refractivity contribution in [3.05, 3.63) is 47.1 Å². The van der Waals surface area contributed by atoms with Gasteiger partial charge in [-0.15, -0.1) is 0 Å². The normalized spacial score (nSPS) is 30.6. The number of Topliss-reactive ketones (excluding diaryl/α,β-unsaturated/α-hetero) is 2. The zero-order chi connectivity index (χ0) is 12.2. The maximum atomic E-state index is 11.9. The van der Waals surface area contributed by atoms with Crippen LogP contribution in [0.15, 0.2) is 47.1 Å². The van der Waals surface area contributed by atoms with Crippen molar-refractivity contribution in [3.8, 4) is 0 Å². The molecule has 2 unspecified atom stereocenters. The van der Waals surface area contributed by atoms with Crippen LogP contribution in [0.3, 0.4) is 0 Å². The molecule has 0 amide bonds. The third kappa shape index (κ3) is 1.19. The molecule has 0 aromatic rings. The molecule has 0 spiro atoms. The van der Waals surface area contributed by atoms with Crippen LogP contribution in [-0.2, 0) is 9.59 Å². The Labute approximate surface area is 98.7 Å². The van der Waals surface area contributed by atoms with E-state index in [1.165, 1.54) is 0 Å². The van der Waals surface area contributed by atoms with Crippen LogP contribution in [0.5, 0.6) is 0 Å². The lowest BCUT2D eigenvalue weighted by Crippen LogP contribution is -2.37. The smallest absolute Gasteiger partial charge is 0.215 e. The predicted octanol–water partition coefficient (Wildman–Crippen LogP) is 1.77. The van der Waals surface area contributed by atoms with E-state index in [9.17, 15) is 9.59 Å². The van der Waals surface area contributed by atoms with E-state index in [1.807, 2.05) is 18.2 Å². The maximum Gasteiger partial charge on any atom is 0.215 e. The third-order valence-corrected chi connectivity index (χ3v) is 3.57. The van der Waals surface area contributed by atoms with Crippen molar-refractivity contribution in [2.24, 2.45) is 11.8 Å². The lowest BCUT2D eigenvalue weighted by atomic mass is 9.69. The first-order valence-electron chi connectivity index (χ1n) is 5.60. The first-order valence-corrected chi connectivity index (χ1v) is 5.60. The third-order valence-electron chi connectivity index (χ3n) is 3.57. The number of rotatable bonds is 0. The van der Waals surface area contributed by atoms with Gasteiger partial charge in [0.25, 0.3) is 0 Å². The Bertz CT molecular complexity index is 587. The van der Waals surface area contributed by atoms with Crippen molar-refractivity contribution < 1.29 is 9.59 Å². The lowest BCUT2D eigenvalue weighted by molar-refractivity contribution is -0.114. The van der Waals surface area contributed by atoms with Gasteiger partial charge >= 0.3 is 0 Å². The maximum absolute atomic E-state index is 11.9. The van der Waals surface area contributed by atoms with E-state index in [1.54, 1.807) is 12.2 Å². The molecule has 0 fully saturated rings. The van der Waals surface area contributed by atoms with Gasteiger partial charge in [-0.1, -0.05) is 37.3 Å². The number of allylic oxidation sites excluding steroid dienone is 8. The summed E-state index contributed by atoms with van der Waals surface area (Å²) in [6.07, 6.45) is 9.30. The van der Waals surface area contributed by atoms with E-state index in [2.05, 4.69) is 6.92 Å². The largest absolute Gasteiger partial charge is 0.293 e. The molecule has 0 bridgehead atoms. The minimum Gasteiger partial charge on any atom is -0.293 e. The molecule has 84 valence electrons. The van der Waals surface area contributed by atoms with Crippen LogP contribution in [0.4, 0.5) is 0 Å². The summed E-state index contributed by atoms with van der Waals surface area (Å²) in [5, 5.41) is 7.57. The molecular formula is C14H11NO2. The Hall–Kier alpha value is -2.03. The Morgan fingerprint density at radius 1 is 1.18 bits per heavy atom. The van der Waals surface area contributed by atoms with E-state index >= 15 is 0 Å². The highest BCUT2D eigenvalue weighted by Gasteiger charge is 2.40. The van der Waals surface area contributed by atoms with Crippen LogP contribution in [0.1, 0.15) is 6.92 Å². The molecule has 17 heavy (non-hydrogen) atoms. The molecule has 2 atom stereocenters. The van der Waals surface area contributed by atoms with Crippen molar-refractivity contribution in [1.29, 1.82) is 5.41 Å². The van der Waals surface area contributed by atoms with Gasteiger partial charge in [0.15, 0.2) is 5.71 Å². The zero-order valence-corrected chi connectivity index (χ0v) is 9.36. The molecule has 0 radical (unpaired) electrons. The highest BCUT2D eigenvalue weighted by molar-refractivity contribution is 6.73. The summed E-state index contributed by atoms with van der Waals surface area (Å²) in [5.74, 6) is -0.506. The minimum atomic E-state index is -0.439. The van der Waals surface area contributed by atoms with Crippen LogP contribution < -0.4 is 0 Å². The molecule has 3 aliphatic rings. The number of hydrogen-bond donors (Lipinski definition) is 1. The fourth-order valence-electron chi connectivity index (χ4n) is 2.63. The fourth-order valence-corrected chi connectivity index (χ4v) is 2.63. The van der Waals surface area contributed by atoms with Crippen molar-refractivity contribution in [2.45, 2.75) is 6.92 Å². The van der Waals surface area contributed by atoms with Crippen LogP contribution in [0, 0.1) is 17.2 Å². The van der Waals surface area contributed by atoms with Gasteiger partial charge < -0.3 is 0 Å². The summed E-state index contributed by atoms with van der Waals surface area (Å²) < 4.78 is 0. The van der Waals surface area contributed by atoms with Crippen LogP contribution in [0.2, 0.25) is 0 Å². The van der Waals surface area contributed by atoms with Crippen molar-refractivity contribution in [1.82, 2.24) is 0 Å². The molecule has 3 aliphatic carbocycles. The summed E-state index contributed by atoms with van der Waals surface area (Å²) >= 11 is 0. The number of ketones is 2. The Kier molecular flexibility index (Phi) is 1.93. The molecule has 3 heteroatoms. The molecule has 3 nitrogen and oxygen atoms in total. The second-order valence-electron chi connectivity index (χ2n) is 4.57. The predicted molar refractivity (Wildman–Crippen MR) is 63.8 cm³/mol. The second-order valence-corrected chi connectivity index (χ2v) is 4.57.